The van der Waals surface area contributed by atoms with Crippen LogP contribution in [0.1, 0.15) is 20.7 Å². The molecule has 7 rings (SSSR count). The predicted molar refractivity (Wildman–Crippen MR) is 192 cm³/mol. The second-order valence-electron chi connectivity index (χ2n) is 10.1. The zero-order chi connectivity index (χ0) is 36.2. The van der Waals surface area contributed by atoms with Crippen molar-refractivity contribution in [1.82, 2.24) is 39.0 Å². The number of isothiocyanates is 1. The molecule has 17 heteroatoms. The molecule has 0 aliphatic rings. The summed E-state index contributed by atoms with van der Waals surface area (Å²) in [5, 5.41) is 36.7. The molecular formula is C34H24N10O4RuS2. The summed E-state index contributed by atoms with van der Waals surface area (Å²) in [6.07, 6.45) is 14.0. The fraction of sp³-hybridized carbons (Fsp3) is 0.0588. The average Bonchev–Trinajstić information content (AvgIpc) is 3.76. The Bertz CT molecular complexity index is 2250. The van der Waals surface area contributed by atoms with Crippen molar-refractivity contribution in [2.45, 2.75) is 0 Å². The van der Waals surface area contributed by atoms with Gasteiger partial charge < -0.3 is 37.4 Å². The van der Waals surface area contributed by atoms with Gasteiger partial charge in [-0.25, -0.2) is 24.8 Å². The molecule has 0 amide bonds. The molecule has 51 heavy (non-hydrogen) atoms. The molecule has 0 aliphatic carbocycles. The predicted octanol–water partition coefficient (Wildman–Crippen LogP) is 5.79. The smallest absolute Gasteiger partial charge is 0.753 e. The van der Waals surface area contributed by atoms with Crippen LogP contribution >= 0.6 is 12.2 Å². The number of aromatic nitrogens is 8. The Hall–Kier alpha value is -6.17. The number of imidazole rings is 2. The van der Waals surface area contributed by atoms with Crippen LogP contribution in [-0.2, 0) is 46.2 Å². The van der Waals surface area contributed by atoms with Gasteiger partial charge in [-0.1, -0.05) is 29.8 Å². The Morgan fingerprint density at radius 3 is 1.37 bits per heavy atom. The monoisotopic (exact) mass is 802 g/mol. The summed E-state index contributed by atoms with van der Waals surface area (Å²) in [6, 6.07) is 13.6. The number of hydrogen-bond donors (Lipinski definition) is 2. The third-order valence-corrected chi connectivity index (χ3v) is 6.86. The maximum Gasteiger partial charge on any atom is 2.00 e. The van der Waals surface area contributed by atoms with Crippen LogP contribution in [0.3, 0.4) is 0 Å². The molecular weight excluding hydrogens is 778 g/mol. The summed E-state index contributed by atoms with van der Waals surface area (Å²) < 4.78 is 3.89. The van der Waals surface area contributed by atoms with Crippen LogP contribution in [-0.4, -0.2) is 66.4 Å². The van der Waals surface area contributed by atoms with Gasteiger partial charge >= 0.3 is 31.4 Å². The topological polar surface area (TPSA) is 208 Å². The molecule has 0 fully saturated rings. The van der Waals surface area contributed by atoms with E-state index in [1.54, 1.807) is 12.7 Å². The Kier molecular flexibility index (Phi) is 14.3. The van der Waals surface area contributed by atoms with Crippen LogP contribution in [0, 0.1) is 10.7 Å². The standard InChI is InChI=1S/C20H16N6.C12H8N2O4.CHNS.CNS.Ru/c1-25-9-17(23-11-25)13-5-7-21-19-15(13)3-4-16-14(6-8-22-20(16)19)18-10-26(2)12-24-18;15-11(16)7-1-3-13-9(5-7)10-6-8(12(17)18)2-4-14-10;2*2-1-3;/h3-12H,1-2H3;1-6H,(H,15,16)(H,17,18);3H;;/q;;;-1;+2/p-1. The Balaban J connectivity index is 0.000000246. The Morgan fingerprint density at radius 1 is 0.706 bits per heavy atom. The quantitative estimate of drug-likeness (QED) is 0.0528. The van der Waals surface area contributed by atoms with Gasteiger partial charge in [0.1, 0.15) is 0 Å². The number of carboxylic acids is 2. The van der Waals surface area contributed by atoms with Gasteiger partial charge in [-0.2, -0.15) is 5.16 Å². The molecule has 6 heterocycles. The van der Waals surface area contributed by atoms with Crippen LogP contribution in [0.25, 0.3) is 61.1 Å². The number of benzene rings is 1. The van der Waals surface area contributed by atoms with E-state index in [-0.39, 0.29) is 30.6 Å². The molecule has 14 nitrogen and oxygen atoms in total. The summed E-state index contributed by atoms with van der Waals surface area (Å²) in [7, 11) is 3.94. The molecule has 0 atom stereocenters. The maximum atomic E-state index is 10.8. The number of fused-ring (bicyclic) bond motifs is 3. The number of thiocyanates is 1. The first-order chi connectivity index (χ1) is 24.1. The van der Waals surface area contributed by atoms with Gasteiger partial charge in [0.05, 0.1) is 57.6 Å². The number of carbonyl (C=O) groups is 2. The number of aryl methyl sites for hydroxylation is 2. The summed E-state index contributed by atoms with van der Waals surface area (Å²) >= 11 is 7.40. The molecule has 0 unspecified atom stereocenters. The van der Waals surface area contributed by atoms with Crippen LogP contribution in [0.4, 0.5) is 0 Å². The number of carboxylic acid groups (broad SMARTS) is 2. The third kappa shape index (κ3) is 9.72. The first kappa shape index (κ1) is 39.3. The van der Waals surface area contributed by atoms with E-state index in [1.807, 2.05) is 60.1 Å². The molecule has 0 aliphatic heterocycles. The molecule has 1 aromatic carbocycles. The van der Waals surface area contributed by atoms with E-state index < -0.39 is 11.9 Å². The third-order valence-electron chi connectivity index (χ3n) is 6.86. The van der Waals surface area contributed by atoms with E-state index in [0.717, 1.165) is 44.3 Å². The average molecular weight is 802 g/mol. The fourth-order valence-electron chi connectivity index (χ4n) is 4.79. The molecule has 0 saturated heterocycles. The molecule has 2 N–H and O–H groups in total. The van der Waals surface area contributed by atoms with Crippen molar-refractivity contribution in [3.63, 3.8) is 0 Å². The van der Waals surface area contributed by atoms with E-state index in [1.165, 1.54) is 47.2 Å². The molecule has 0 bridgehead atoms. The first-order valence-electron chi connectivity index (χ1n) is 14.2. The minimum absolute atomic E-state index is 0. The summed E-state index contributed by atoms with van der Waals surface area (Å²) in [4.78, 5) is 47.8. The number of pyridine rings is 4. The largest absolute Gasteiger partial charge is 2.00 e. The number of nitriles is 1. The minimum Gasteiger partial charge on any atom is -0.753 e. The van der Waals surface area contributed by atoms with Crippen LogP contribution in [0.2, 0.25) is 0 Å². The van der Waals surface area contributed by atoms with Gasteiger partial charge in [-0.05, 0) is 36.4 Å². The van der Waals surface area contributed by atoms with Gasteiger partial charge in [-0.3, -0.25) is 19.9 Å². The number of aromatic carboxylic acids is 2. The van der Waals surface area contributed by atoms with E-state index in [2.05, 4.69) is 66.9 Å². The summed E-state index contributed by atoms with van der Waals surface area (Å²) in [5.41, 5.74) is 6.51. The van der Waals surface area contributed by atoms with Crippen molar-refractivity contribution >= 4 is 63.8 Å². The Labute approximate surface area is 314 Å². The van der Waals surface area contributed by atoms with Crippen molar-refractivity contribution in [2.75, 3.05) is 0 Å². The molecule has 0 spiro atoms. The fourth-order valence-corrected chi connectivity index (χ4v) is 4.79. The van der Waals surface area contributed by atoms with Crippen molar-refractivity contribution < 1.29 is 39.3 Å². The Morgan fingerprint density at radius 2 is 1.06 bits per heavy atom. The molecule has 0 saturated carbocycles. The van der Waals surface area contributed by atoms with E-state index >= 15 is 0 Å². The zero-order valence-electron chi connectivity index (χ0n) is 26.6. The summed E-state index contributed by atoms with van der Waals surface area (Å²) in [5.74, 6) is -2.15. The van der Waals surface area contributed by atoms with Crippen molar-refractivity contribution in [2.24, 2.45) is 14.1 Å². The van der Waals surface area contributed by atoms with Crippen molar-refractivity contribution in [3.8, 4) is 39.3 Å². The van der Waals surface area contributed by atoms with Gasteiger partial charge in [0.2, 0.25) is 0 Å². The number of thiocarbonyl (C=S) groups is 1. The van der Waals surface area contributed by atoms with Gasteiger partial charge in [-0.15, -0.1) is 0 Å². The van der Waals surface area contributed by atoms with Crippen LogP contribution in [0.15, 0.2) is 98.4 Å². The molecule has 0 radical (unpaired) electrons. The number of hydrogen-bond acceptors (Lipinski definition) is 11. The zero-order valence-corrected chi connectivity index (χ0v) is 30.0. The number of nitrogens with zero attached hydrogens (tertiary/aromatic N) is 10. The number of rotatable bonds is 5. The van der Waals surface area contributed by atoms with Crippen LogP contribution < -0.4 is 0 Å². The molecule has 7 aromatic rings. The first-order valence-corrected chi connectivity index (χ1v) is 15.0. The minimum atomic E-state index is -1.08. The second kappa shape index (κ2) is 18.6. The van der Waals surface area contributed by atoms with Gasteiger partial charge in [0, 0.05) is 73.2 Å². The van der Waals surface area contributed by atoms with Crippen molar-refractivity contribution in [1.29, 1.82) is 5.26 Å². The van der Waals surface area contributed by atoms with Gasteiger partial charge in [0.15, 0.2) is 0 Å². The molecule has 6 aromatic heterocycles. The SMILES string of the molecule is Cn1cnc(-c2ccnc3c2ccc2c(-c4cn(C)cn4)ccnc23)c1.N#C[S-].O=C(O)c1ccnc(-c2cc(C(=O)O)ccn2)c1.[N-]=C=S.[Ru+2]. The van der Waals surface area contributed by atoms with E-state index in [0.29, 0.717) is 11.4 Å². The van der Waals surface area contributed by atoms with Crippen molar-refractivity contribution in [3.05, 3.63) is 115 Å². The van der Waals surface area contributed by atoms with E-state index in [9.17, 15) is 9.59 Å². The normalized spacial score (nSPS) is 9.67. The van der Waals surface area contributed by atoms with E-state index in [4.69, 9.17) is 20.9 Å². The second-order valence-corrected chi connectivity index (χ2v) is 10.4. The van der Waals surface area contributed by atoms with Gasteiger partial charge in [0.25, 0.3) is 0 Å². The maximum absolute atomic E-state index is 10.8. The molecule has 254 valence electrons. The van der Waals surface area contributed by atoms with Crippen LogP contribution in [0.5, 0.6) is 0 Å². The summed E-state index contributed by atoms with van der Waals surface area (Å²) in [6.45, 7) is 0.